The normalized spacial score (nSPS) is 10.5. The van der Waals surface area contributed by atoms with E-state index < -0.39 is 5.95 Å². The summed E-state index contributed by atoms with van der Waals surface area (Å²) in [7, 11) is 0. The highest BCUT2D eigenvalue weighted by Gasteiger charge is 1.96. The number of nitrogens with zero attached hydrogens (tertiary/aromatic N) is 1. The molecule has 1 aromatic rings. The van der Waals surface area contributed by atoms with E-state index in [4.69, 9.17) is 0 Å². The van der Waals surface area contributed by atoms with Crippen LogP contribution in [-0.2, 0) is 4.79 Å². The summed E-state index contributed by atoms with van der Waals surface area (Å²) in [4.78, 5) is 13.4. The second kappa shape index (κ2) is 3.76. The molecule has 12 heavy (non-hydrogen) atoms. The third-order valence-corrected chi connectivity index (χ3v) is 1.47. The first kappa shape index (κ1) is 8.59. The van der Waals surface area contributed by atoms with Crippen LogP contribution in [0.1, 0.15) is 11.1 Å². The molecule has 0 amide bonds. The van der Waals surface area contributed by atoms with E-state index in [1.807, 2.05) is 0 Å². The quantitative estimate of drug-likeness (QED) is 0.379. The molecule has 0 aliphatic carbocycles. The van der Waals surface area contributed by atoms with Gasteiger partial charge in [0.15, 0.2) is 0 Å². The summed E-state index contributed by atoms with van der Waals surface area (Å²) in [6.45, 7) is 1.76. The Balaban J connectivity index is 3.01. The fourth-order valence-electron chi connectivity index (χ4n) is 0.850. The number of carbonyl (C=O) groups excluding carboxylic acids is 1. The Morgan fingerprint density at radius 3 is 2.92 bits per heavy atom. The van der Waals surface area contributed by atoms with Gasteiger partial charge >= 0.3 is 0 Å². The Bertz CT molecular complexity index is 320. The van der Waals surface area contributed by atoms with Gasteiger partial charge in [-0.25, -0.2) is 4.98 Å². The molecular weight excluding hydrogens is 157 g/mol. The summed E-state index contributed by atoms with van der Waals surface area (Å²) >= 11 is 0. The number of hydrogen-bond donors (Lipinski definition) is 0. The van der Waals surface area contributed by atoms with Crippen molar-refractivity contribution in [3.63, 3.8) is 0 Å². The van der Waals surface area contributed by atoms with Crippen molar-refractivity contribution in [2.24, 2.45) is 0 Å². The van der Waals surface area contributed by atoms with Crippen LogP contribution in [0.4, 0.5) is 4.39 Å². The standard InChI is InChI=1S/C9H8FNO/c1-7-5-9(10)11-6-8(7)3-2-4-12/h2-6H,1H3. The predicted octanol–water partition coefficient (Wildman–Crippen LogP) is 1.74. The molecule has 1 aromatic heterocycles. The molecule has 0 bridgehead atoms. The molecular formula is C9H8FNO. The van der Waals surface area contributed by atoms with E-state index >= 15 is 0 Å². The number of hydrogen-bond acceptors (Lipinski definition) is 2. The molecule has 0 unspecified atom stereocenters. The fourth-order valence-corrected chi connectivity index (χ4v) is 0.850. The van der Waals surface area contributed by atoms with Gasteiger partial charge in [0.25, 0.3) is 0 Å². The topological polar surface area (TPSA) is 30.0 Å². The molecule has 2 nitrogen and oxygen atoms in total. The summed E-state index contributed by atoms with van der Waals surface area (Å²) in [6.07, 6.45) is 5.00. The summed E-state index contributed by atoms with van der Waals surface area (Å²) in [5.74, 6) is -0.504. The molecule has 0 aliphatic rings. The fraction of sp³-hybridized carbons (Fsp3) is 0.111. The van der Waals surface area contributed by atoms with Gasteiger partial charge in [0.2, 0.25) is 5.95 Å². The highest BCUT2D eigenvalue weighted by molar-refractivity contribution is 5.74. The molecule has 0 aliphatic heterocycles. The van der Waals surface area contributed by atoms with Crippen LogP contribution in [-0.4, -0.2) is 11.3 Å². The number of rotatable bonds is 2. The van der Waals surface area contributed by atoms with E-state index in [0.717, 1.165) is 11.1 Å². The lowest BCUT2D eigenvalue weighted by Crippen LogP contribution is -1.87. The molecule has 62 valence electrons. The monoisotopic (exact) mass is 165 g/mol. The SMILES string of the molecule is Cc1cc(F)ncc1C=CC=O. The van der Waals surface area contributed by atoms with Gasteiger partial charge in [-0.1, -0.05) is 0 Å². The van der Waals surface area contributed by atoms with E-state index in [-0.39, 0.29) is 0 Å². The summed E-state index contributed by atoms with van der Waals surface area (Å²) in [5.41, 5.74) is 1.52. The average molecular weight is 165 g/mol. The van der Waals surface area contributed by atoms with Gasteiger partial charge in [-0.05, 0) is 36.3 Å². The number of aryl methyl sites for hydroxylation is 1. The van der Waals surface area contributed by atoms with Gasteiger partial charge in [0, 0.05) is 6.20 Å². The smallest absolute Gasteiger partial charge is 0.213 e. The zero-order chi connectivity index (χ0) is 8.97. The molecule has 0 spiro atoms. The molecule has 1 rings (SSSR count). The molecule has 0 fully saturated rings. The highest BCUT2D eigenvalue weighted by atomic mass is 19.1. The minimum atomic E-state index is -0.504. The van der Waals surface area contributed by atoms with Crippen LogP contribution < -0.4 is 0 Å². The Morgan fingerprint density at radius 1 is 1.58 bits per heavy atom. The Morgan fingerprint density at radius 2 is 2.33 bits per heavy atom. The third kappa shape index (κ3) is 1.99. The minimum Gasteiger partial charge on any atom is -0.299 e. The minimum absolute atomic E-state index is 0.504. The molecule has 3 heteroatoms. The van der Waals surface area contributed by atoms with Crippen molar-refractivity contribution in [3.05, 3.63) is 35.4 Å². The summed E-state index contributed by atoms with van der Waals surface area (Å²) in [5, 5.41) is 0. The molecule has 0 saturated heterocycles. The number of carbonyl (C=O) groups is 1. The van der Waals surface area contributed by atoms with Gasteiger partial charge in [-0.3, -0.25) is 4.79 Å². The zero-order valence-electron chi connectivity index (χ0n) is 6.62. The van der Waals surface area contributed by atoms with Crippen LogP contribution in [0.2, 0.25) is 0 Å². The van der Waals surface area contributed by atoms with Crippen LogP contribution in [0.25, 0.3) is 6.08 Å². The first-order valence-electron chi connectivity index (χ1n) is 3.48. The molecule has 1 heterocycles. The second-order valence-electron chi connectivity index (χ2n) is 2.36. The van der Waals surface area contributed by atoms with Gasteiger partial charge in [0.05, 0.1) is 0 Å². The number of pyridine rings is 1. The van der Waals surface area contributed by atoms with E-state index in [1.165, 1.54) is 18.3 Å². The van der Waals surface area contributed by atoms with Gasteiger partial charge in [-0.2, -0.15) is 4.39 Å². The molecule has 0 radical (unpaired) electrons. The molecule has 0 N–H and O–H groups in total. The molecule has 0 aromatic carbocycles. The van der Waals surface area contributed by atoms with E-state index in [1.54, 1.807) is 13.0 Å². The number of aromatic nitrogens is 1. The van der Waals surface area contributed by atoms with Crippen molar-refractivity contribution < 1.29 is 9.18 Å². The van der Waals surface area contributed by atoms with E-state index in [2.05, 4.69) is 4.98 Å². The van der Waals surface area contributed by atoms with Crippen molar-refractivity contribution in [2.45, 2.75) is 6.92 Å². The van der Waals surface area contributed by atoms with Crippen molar-refractivity contribution in [2.75, 3.05) is 0 Å². The van der Waals surface area contributed by atoms with E-state index in [9.17, 15) is 9.18 Å². The van der Waals surface area contributed by atoms with Gasteiger partial charge in [-0.15, -0.1) is 0 Å². The van der Waals surface area contributed by atoms with Crippen LogP contribution in [0, 0.1) is 12.9 Å². The zero-order valence-corrected chi connectivity index (χ0v) is 6.62. The first-order chi connectivity index (χ1) is 5.74. The average Bonchev–Trinajstić information content (AvgIpc) is 2.03. The molecule has 0 atom stereocenters. The Kier molecular flexibility index (Phi) is 2.69. The van der Waals surface area contributed by atoms with E-state index in [0.29, 0.717) is 6.29 Å². The maximum Gasteiger partial charge on any atom is 0.213 e. The van der Waals surface area contributed by atoms with Crippen molar-refractivity contribution >= 4 is 12.4 Å². The van der Waals surface area contributed by atoms with Crippen LogP contribution in [0.5, 0.6) is 0 Å². The predicted molar refractivity (Wildman–Crippen MR) is 44.0 cm³/mol. The number of allylic oxidation sites excluding steroid dienone is 1. The first-order valence-corrected chi connectivity index (χ1v) is 3.48. The van der Waals surface area contributed by atoms with Gasteiger partial charge < -0.3 is 0 Å². The van der Waals surface area contributed by atoms with Crippen molar-refractivity contribution in [1.82, 2.24) is 4.98 Å². The Labute approximate surface area is 69.7 Å². The Hall–Kier alpha value is -1.51. The highest BCUT2D eigenvalue weighted by Crippen LogP contribution is 2.08. The largest absolute Gasteiger partial charge is 0.299 e. The maximum absolute atomic E-state index is 12.5. The summed E-state index contributed by atoms with van der Waals surface area (Å²) < 4.78 is 12.5. The third-order valence-electron chi connectivity index (χ3n) is 1.47. The number of halogens is 1. The van der Waals surface area contributed by atoms with Crippen LogP contribution in [0.15, 0.2) is 18.3 Å². The van der Waals surface area contributed by atoms with Gasteiger partial charge in [0.1, 0.15) is 6.29 Å². The maximum atomic E-state index is 12.5. The van der Waals surface area contributed by atoms with Crippen LogP contribution >= 0.6 is 0 Å². The van der Waals surface area contributed by atoms with Crippen molar-refractivity contribution in [1.29, 1.82) is 0 Å². The van der Waals surface area contributed by atoms with Crippen LogP contribution in [0.3, 0.4) is 0 Å². The molecule has 0 saturated carbocycles. The lowest BCUT2D eigenvalue weighted by Gasteiger charge is -1.97. The summed E-state index contributed by atoms with van der Waals surface area (Å²) in [6, 6.07) is 1.32. The lowest BCUT2D eigenvalue weighted by molar-refractivity contribution is -0.104. The second-order valence-corrected chi connectivity index (χ2v) is 2.36. The lowest BCUT2D eigenvalue weighted by atomic mass is 10.1. The van der Waals surface area contributed by atoms with Crippen molar-refractivity contribution in [3.8, 4) is 0 Å². The number of aldehydes is 1.